The Hall–Kier alpha value is -3.53. The second kappa shape index (κ2) is 10.2. The molecule has 0 radical (unpaired) electrons. The molecule has 3 fully saturated rings. The number of halogens is 3. The summed E-state index contributed by atoms with van der Waals surface area (Å²) in [7, 11) is 1.35. The second-order valence-electron chi connectivity index (χ2n) is 10.5. The number of aromatic nitrogens is 2. The van der Waals surface area contributed by atoms with Crippen LogP contribution in [0.4, 0.5) is 19.0 Å². The molecule has 1 N–H and O–H groups in total. The Morgan fingerprint density at radius 2 is 1.79 bits per heavy atom. The fourth-order valence-corrected chi connectivity index (χ4v) is 6.12. The fourth-order valence-electron chi connectivity index (χ4n) is 6.12. The molecule has 6 rings (SSSR count). The van der Waals surface area contributed by atoms with Crippen molar-refractivity contribution >= 4 is 11.8 Å². The van der Waals surface area contributed by atoms with Crippen molar-refractivity contribution in [3.63, 3.8) is 0 Å². The summed E-state index contributed by atoms with van der Waals surface area (Å²) in [6.45, 7) is 0.321. The molecule has 7 nitrogen and oxygen atoms in total. The van der Waals surface area contributed by atoms with E-state index in [1.807, 2.05) is 6.07 Å². The maximum absolute atomic E-state index is 13.1. The van der Waals surface area contributed by atoms with E-state index in [0.717, 1.165) is 55.6 Å². The number of methoxy groups -OCH3 is 1. The maximum Gasteiger partial charge on any atom is 0.573 e. The number of ether oxygens (including phenoxy) is 3. The van der Waals surface area contributed by atoms with Crippen LogP contribution in [-0.4, -0.2) is 47.6 Å². The van der Waals surface area contributed by atoms with Gasteiger partial charge in [-0.1, -0.05) is 18.2 Å². The minimum Gasteiger partial charge on any atom is -0.465 e. The van der Waals surface area contributed by atoms with Crippen molar-refractivity contribution < 1.29 is 32.2 Å². The lowest BCUT2D eigenvalue weighted by Crippen LogP contribution is -2.46. The number of pyridine rings is 1. The number of hydrogen-bond donors (Lipinski definition) is 1. The van der Waals surface area contributed by atoms with Crippen LogP contribution in [0.25, 0.3) is 11.1 Å². The molecule has 2 atom stereocenters. The first-order valence-corrected chi connectivity index (χ1v) is 13.3. The van der Waals surface area contributed by atoms with E-state index in [9.17, 15) is 18.0 Å². The zero-order chi connectivity index (χ0) is 27.1. The molecule has 39 heavy (non-hydrogen) atoms. The molecule has 4 heterocycles. The highest BCUT2D eigenvalue weighted by Crippen LogP contribution is 2.46. The van der Waals surface area contributed by atoms with Gasteiger partial charge in [0.05, 0.1) is 25.4 Å². The van der Waals surface area contributed by atoms with Crippen molar-refractivity contribution in [2.75, 3.05) is 12.0 Å². The van der Waals surface area contributed by atoms with Gasteiger partial charge in [0.2, 0.25) is 0 Å². The quantitative estimate of drug-likeness (QED) is 0.335. The summed E-state index contributed by atoms with van der Waals surface area (Å²) >= 11 is 0. The molecule has 2 aliphatic heterocycles. The Kier molecular flexibility index (Phi) is 6.74. The molecule has 10 heteroatoms. The number of H-pyrrole nitrogens is 1. The number of esters is 1. The predicted octanol–water partition coefficient (Wildman–Crippen LogP) is 6.36. The normalized spacial score (nSPS) is 22.7. The van der Waals surface area contributed by atoms with Crippen LogP contribution in [0, 0.1) is 0 Å². The minimum atomic E-state index is -4.77. The predicted molar refractivity (Wildman–Crippen MR) is 138 cm³/mol. The largest absolute Gasteiger partial charge is 0.573 e. The summed E-state index contributed by atoms with van der Waals surface area (Å²) in [5, 5.41) is 0. The van der Waals surface area contributed by atoms with Gasteiger partial charge in [-0.05, 0) is 62.6 Å². The Balaban J connectivity index is 1.18. The van der Waals surface area contributed by atoms with Crippen LogP contribution < -0.4 is 9.64 Å². The monoisotopic (exact) mass is 541 g/mol. The van der Waals surface area contributed by atoms with Crippen molar-refractivity contribution in [2.24, 2.45) is 0 Å². The van der Waals surface area contributed by atoms with Gasteiger partial charge in [-0.15, -0.1) is 13.2 Å². The molecule has 0 amide bonds. The number of carbonyl (C=O) groups is 1. The first-order chi connectivity index (χ1) is 18.8. The van der Waals surface area contributed by atoms with Crippen molar-refractivity contribution in [3.05, 3.63) is 65.6 Å². The van der Waals surface area contributed by atoms with Crippen LogP contribution in [0.1, 0.15) is 66.1 Å². The summed E-state index contributed by atoms with van der Waals surface area (Å²) in [6, 6.07) is 10.4. The number of alkyl halides is 3. The average Bonchev–Trinajstić information content (AvgIpc) is 3.62. The Morgan fingerprint density at radius 1 is 1.05 bits per heavy atom. The number of nitrogens with one attached hydrogen (secondary N) is 1. The molecule has 1 aliphatic carbocycles. The van der Waals surface area contributed by atoms with Gasteiger partial charge in [0.15, 0.2) is 0 Å². The van der Waals surface area contributed by atoms with Gasteiger partial charge in [-0.3, -0.25) is 0 Å². The lowest BCUT2D eigenvalue weighted by molar-refractivity contribution is -0.274. The van der Waals surface area contributed by atoms with E-state index in [1.165, 1.54) is 19.2 Å². The van der Waals surface area contributed by atoms with E-state index in [0.29, 0.717) is 29.2 Å². The number of benzene rings is 1. The number of nitrogens with zero attached hydrogens (tertiary/aromatic N) is 2. The van der Waals surface area contributed by atoms with E-state index >= 15 is 0 Å². The molecule has 2 unspecified atom stereocenters. The lowest BCUT2D eigenvalue weighted by Gasteiger charge is -2.39. The van der Waals surface area contributed by atoms with Crippen LogP contribution in [0.3, 0.4) is 0 Å². The Morgan fingerprint density at radius 3 is 2.44 bits per heavy atom. The number of rotatable bonds is 8. The molecular formula is C29H30F3N3O4. The van der Waals surface area contributed by atoms with Crippen LogP contribution in [0.2, 0.25) is 0 Å². The number of aromatic amines is 1. The minimum absolute atomic E-state index is 0.0320. The van der Waals surface area contributed by atoms with Gasteiger partial charge in [0.1, 0.15) is 11.6 Å². The number of para-hydroxylation sites is 1. The second-order valence-corrected chi connectivity index (χ2v) is 10.5. The van der Waals surface area contributed by atoms with Gasteiger partial charge in [0, 0.05) is 46.9 Å². The number of fused-ring (bicyclic) bond motifs is 2. The van der Waals surface area contributed by atoms with Gasteiger partial charge in [-0.2, -0.15) is 0 Å². The summed E-state index contributed by atoms with van der Waals surface area (Å²) in [6.07, 6.45) is 4.44. The summed E-state index contributed by atoms with van der Waals surface area (Å²) in [5.41, 5.74) is 3.45. The van der Waals surface area contributed by atoms with E-state index < -0.39 is 12.3 Å². The summed E-state index contributed by atoms with van der Waals surface area (Å²) in [5.74, 6) is 0.597. The van der Waals surface area contributed by atoms with E-state index in [2.05, 4.69) is 19.6 Å². The van der Waals surface area contributed by atoms with Crippen LogP contribution in [0.15, 0.2) is 48.8 Å². The highest BCUT2D eigenvalue weighted by molar-refractivity contribution is 5.89. The first-order valence-electron chi connectivity index (χ1n) is 13.3. The van der Waals surface area contributed by atoms with Gasteiger partial charge < -0.3 is 24.1 Å². The molecule has 3 aromatic rings. The standard InChI is InChI=1S/C29H30F3N3O4/c1-37-28(36)18-8-11-26(33-14-18)35-19-9-10-20(35)13-21(12-19)38-16-24-23(15-34-27(24)17-6-7-17)22-4-2-3-5-25(22)39-29(30,31)32/h2-5,8,11,14-15,17,19-21,34H,6-7,9-10,12-13,16H2,1H3. The number of anilines is 1. The highest BCUT2D eigenvalue weighted by atomic mass is 19.4. The zero-order valence-electron chi connectivity index (χ0n) is 21.5. The SMILES string of the molecule is COC(=O)c1ccc(N2C3CCC2CC(OCc2c(-c4ccccc4OC(F)(F)F)c[nH]c2C2CC2)C3)nc1. The Labute approximate surface area is 224 Å². The van der Waals surface area contributed by atoms with Crippen molar-refractivity contribution in [3.8, 4) is 16.9 Å². The molecule has 1 saturated carbocycles. The van der Waals surface area contributed by atoms with E-state index in [4.69, 9.17) is 9.47 Å². The molecule has 2 bridgehead atoms. The van der Waals surface area contributed by atoms with Crippen LogP contribution in [0.5, 0.6) is 5.75 Å². The van der Waals surface area contributed by atoms with Gasteiger partial charge in [0.25, 0.3) is 0 Å². The van der Waals surface area contributed by atoms with Gasteiger partial charge >= 0.3 is 12.3 Å². The molecule has 0 spiro atoms. The Bertz CT molecular complexity index is 1320. The van der Waals surface area contributed by atoms with Gasteiger partial charge in [-0.25, -0.2) is 9.78 Å². The third kappa shape index (κ3) is 5.34. The molecule has 2 saturated heterocycles. The molecular weight excluding hydrogens is 511 g/mol. The first kappa shape index (κ1) is 25.7. The van der Waals surface area contributed by atoms with Crippen LogP contribution in [-0.2, 0) is 16.1 Å². The molecule has 206 valence electrons. The molecule has 2 aromatic heterocycles. The van der Waals surface area contributed by atoms with E-state index in [-0.39, 0.29) is 23.9 Å². The third-order valence-electron chi connectivity index (χ3n) is 8.00. The average molecular weight is 542 g/mol. The lowest BCUT2D eigenvalue weighted by atomic mass is 9.98. The number of hydrogen-bond acceptors (Lipinski definition) is 6. The number of piperidine rings is 1. The topological polar surface area (TPSA) is 76.7 Å². The molecule has 1 aromatic carbocycles. The highest BCUT2D eigenvalue weighted by Gasteiger charge is 2.42. The number of carbonyl (C=O) groups excluding carboxylic acids is 1. The van der Waals surface area contributed by atoms with Crippen molar-refractivity contribution in [1.82, 2.24) is 9.97 Å². The zero-order valence-corrected chi connectivity index (χ0v) is 21.5. The summed E-state index contributed by atoms with van der Waals surface area (Å²) < 4.78 is 54.9. The summed E-state index contributed by atoms with van der Waals surface area (Å²) in [4.78, 5) is 22.0. The maximum atomic E-state index is 13.1. The fraction of sp³-hybridized carbons (Fsp3) is 0.448. The van der Waals surface area contributed by atoms with E-state index in [1.54, 1.807) is 30.6 Å². The van der Waals surface area contributed by atoms with Crippen molar-refractivity contribution in [2.45, 2.75) is 75.6 Å². The van der Waals surface area contributed by atoms with Crippen LogP contribution >= 0.6 is 0 Å². The van der Waals surface area contributed by atoms with Crippen molar-refractivity contribution in [1.29, 1.82) is 0 Å². The third-order valence-corrected chi connectivity index (χ3v) is 8.00. The smallest absolute Gasteiger partial charge is 0.465 e. The molecule has 3 aliphatic rings.